The van der Waals surface area contributed by atoms with E-state index in [4.69, 9.17) is 0 Å². The Morgan fingerprint density at radius 1 is 1.19 bits per heavy atom. The molecule has 0 aliphatic rings. The van der Waals surface area contributed by atoms with E-state index in [1.165, 1.54) is 12.1 Å². The average Bonchev–Trinajstić information content (AvgIpc) is 2.94. The number of hydrogen-bond donors (Lipinski definition) is 2. The van der Waals surface area contributed by atoms with E-state index in [1.807, 2.05) is 31.2 Å². The molecule has 1 unspecified atom stereocenters. The predicted octanol–water partition coefficient (Wildman–Crippen LogP) is 3.17. The fourth-order valence-corrected chi connectivity index (χ4v) is 3.05. The maximum atomic E-state index is 13.0. The van der Waals surface area contributed by atoms with Crippen LogP contribution >= 0.6 is 0 Å². The summed E-state index contributed by atoms with van der Waals surface area (Å²) < 4.78 is 14.6. The number of benzene rings is 2. The molecule has 0 fully saturated rings. The van der Waals surface area contributed by atoms with Crippen LogP contribution in [0.25, 0.3) is 11.0 Å². The monoisotopic (exact) mass is 355 g/mol. The summed E-state index contributed by atoms with van der Waals surface area (Å²) in [6.45, 7) is 2.98. The molecule has 0 aliphatic carbocycles. The second-order valence-electron chi connectivity index (χ2n) is 6.46. The summed E-state index contributed by atoms with van der Waals surface area (Å²) in [7, 11) is 0. The van der Waals surface area contributed by atoms with Crippen LogP contribution < -0.4 is 11.0 Å². The van der Waals surface area contributed by atoms with Gasteiger partial charge in [-0.1, -0.05) is 31.2 Å². The van der Waals surface area contributed by atoms with Gasteiger partial charge in [0, 0.05) is 19.5 Å². The second-order valence-corrected chi connectivity index (χ2v) is 6.46. The molecule has 136 valence electrons. The number of imidazole rings is 1. The first-order valence-corrected chi connectivity index (χ1v) is 8.74. The molecule has 0 spiro atoms. The highest BCUT2D eigenvalue weighted by Crippen LogP contribution is 2.19. The van der Waals surface area contributed by atoms with Crippen molar-refractivity contribution in [3.63, 3.8) is 0 Å². The van der Waals surface area contributed by atoms with Gasteiger partial charge in [0.25, 0.3) is 0 Å². The van der Waals surface area contributed by atoms with Crippen molar-refractivity contribution in [1.82, 2.24) is 14.9 Å². The topological polar surface area (TPSA) is 66.9 Å². The number of carbonyl (C=O) groups is 1. The first kappa shape index (κ1) is 17.9. The van der Waals surface area contributed by atoms with Gasteiger partial charge < -0.3 is 10.3 Å². The molecular weight excluding hydrogens is 333 g/mol. The standard InChI is InChI=1S/C20H22FN3O2/c1-14(15-7-9-16(21)10-8-15)13-19(25)22-11-4-12-24-18-6-3-2-5-17(18)23-20(24)26/h2-3,5-10,14H,4,11-13H2,1H3,(H,22,25)(H,23,26). The van der Waals surface area contributed by atoms with E-state index in [2.05, 4.69) is 10.3 Å². The number of aromatic nitrogens is 2. The lowest BCUT2D eigenvalue weighted by Crippen LogP contribution is -2.27. The third kappa shape index (κ3) is 4.20. The fraction of sp³-hybridized carbons (Fsp3) is 0.300. The highest BCUT2D eigenvalue weighted by atomic mass is 19.1. The van der Waals surface area contributed by atoms with Crippen LogP contribution in [0.1, 0.15) is 31.2 Å². The molecule has 5 nitrogen and oxygen atoms in total. The summed E-state index contributed by atoms with van der Waals surface area (Å²) in [5.41, 5.74) is 2.48. The van der Waals surface area contributed by atoms with E-state index in [0.29, 0.717) is 25.9 Å². The van der Waals surface area contributed by atoms with Crippen LogP contribution in [0.2, 0.25) is 0 Å². The summed E-state index contributed by atoms with van der Waals surface area (Å²) in [6.07, 6.45) is 1.01. The van der Waals surface area contributed by atoms with Crippen LogP contribution in [0.4, 0.5) is 4.39 Å². The molecule has 26 heavy (non-hydrogen) atoms. The van der Waals surface area contributed by atoms with Crippen molar-refractivity contribution in [2.75, 3.05) is 6.54 Å². The van der Waals surface area contributed by atoms with E-state index in [9.17, 15) is 14.0 Å². The molecule has 3 rings (SSSR count). The number of carbonyl (C=O) groups excluding carboxylic acids is 1. The third-order valence-corrected chi connectivity index (χ3v) is 4.49. The highest BCUT2D eigenvalue weighted by Gasteiger charge is 2.11. The van der Waals surface area contributed by atoms with Crippen molar-refractivity contribution in [2.45, 2.75) is 32.2 Å². The number of nitrogens with zero attached hydrogens (tertiary/aromatic N) is 1. The fourth-order valence-electron chi connectivity index (χ4n) is 3.05. The molecular formula is C20H22FN3O2. The predicted molar refractivity (Wildman–Crippen MR) is 99.6 cm³/mol. The number of aryl methyl sites for hydroxylation is 1. The number of amides is 1. The average molecular weight is 355 g/mol. The van der Waals surface area contributed by atoms with Crippen LogP contribution in [0.5, 0.6) is 0 Å². The van der Waals surface area contributed by atoms with Gasteiger partial charge in [-0.3, -0.25) is 9.36 Å². The smallest absolute Gasteiger partial charge is 0.326 e. The van der Waals surface area contributed by atoms with Gasteiger partial charge in [0.05, 0.1) is 11.0 Å². The molecule has 0 bridgehead atoms. The summed E-state index contributed by atoms with van der Waals surface area (Å²) in [5.74, 6) is -0.308. The van der Waals surface area contributed by atoms with Gasteiger partial charge in [0.15, 0.2) is 0 Å². The van der Waals surface area contributed by atoms with Crippen molar-refractivity contribution in [3.8, 4) is 0 Å². The summed E-state index contributed by atoms with van der Waals surface area (Å²) >= 11 is 0. The molecule has 0 saturated heterocycles. The lowest BCUT2D eigenvalue weighted by molar-refractivity contribution is -0.121. The molecule has 0 aliphatic heterocycles. The van der Waals surface area contributed by atoms with Crippen molar-refractivity contribution < 1.29 is 9.18 Å². The normalized spacial score (nSPS) is 12.2. The molecule has 2 N–H and O–H groups in total. The van der Waals surface area contributed by atoms with E-state index in [-0.39, 0.29) is 23.3 Å². The van der Waals surface area contributed by atoms with Gasteiger partial charge >= 0.3 is 5.69 Å². The van der Waals surface area contributed by atoms with Crippen molar-refractivity contribution in [1.29, 1.82) is 0 Å². The Morgan fingerprint density at radius 2 is 1.92 bits per heavy atom. The van der Waals surface area contributed by atoms with Gasteiger partial charge in [-0.2, -0.15) is 0 Å². The van der Waals surface area contributed by atoms with Crippen LogP contribution in [0.3, 0.4) is 0 Å². The Hall–Kier alpha value is -2.89. The minimum Gasteiger partial charge on any atom is -0.356 e. The van der Waals surface area contributed by atoms with Crippen molar-refractivity contribution >= 4 is 16.9 Å². The molecule has 0 radical (unpaired) electrons. The minimum absolute atomic E-state index is 0.0202. The Labute approximate surface area is 150 Å². The van der Waals surface area contributed by atoms with E-state index in [0.717, 1.165) is 16.6 Å². The van der Waals surface area contributed by atoms with Gasteiger partial charge in [0.1, 0.15) is 5.82 Å². The zero-order chi connectivity index (χ0) is 18.5. The van der Waals surface area contributed by atoms with E-state index < -0.39 is 0 Å². The Kier molecular flexibility index (Phi) is 5.51. The number of hydrogen-bond acceptors (Lipinski definition) is 2. The maximum Gasteiger partial charge on any atom is 0.326 e. The van der Waals surface area contributed by atoms with Gasteiger partial charge in [-0.15, -0.1) is 0 Å². The number of H-pyrrole nitrogens is 1. The van der Waals surface area contributed by atoms with Crippen LogP contribution in [-0.4, -0.2) is 22.0 Å². The zero-order valence-corrected chi connectivity index (χ0v) is 14.7. The molecule has 3 aromatic rings. The van der Waals surface area contributed by atoms with Crippen LogP contribution in [-0.2, 0) is 11.3 Å². The number of fused-ring (bicyclic) bond motifs is 1. The van der Waals surface area contributed by atoms with Crippen molar-refractivity contribution in [3.05, 3.63) is 70.4 Å². The van der Waals surface area contributed by atoms with Gasteiger partial charge in [-0.05, 0) is 42.2 Å². The Balaban J connectivity index is 1.47. The zero-order valence-electron chi connectivity index (χ0n) is 14.7. The lowest BCUT2D eigenvalue weighted by Gasteiger charge is -2.12. The van der Waals surface area contributed by atoms with Crippen molar-refractivity contribution in [2.24, 2.45) is 0 Å². The minimum atomic E-state index is -0.280. The Bertz CT molecular complexity index is 944. The van der Waals surface area contributed by atoms with Gasteiger partial charge in [-0.25, -0.2) is 9.18 Å². The first-order valence-electron chi connectivity index (χ1n) is 8.74. The summed E-state index contributed by atoms with van der Waals surface area (Å²) in [4.78, 5) is 26.9. The maximum absolute atomic E-state index is 13.0. The Morgan fingerprint density at radius 3 is 2.69 bits per heavy atom. The van der Waals surface area contributed by atoms with Crippen LogP contribution in [0, 0.1) is 5.82 Å². The molecule has 1 atom stereocenters. The lowest BCUT2D eigenvalue weighted by atomic mass is 9.97. The largest absolute Gasteiger partial charge is 0.356 e. The molecule has 1 aromatic heterocycles. The molecule has 2 aromatic carbocycles. The molecule has 6 heteroatoms. The highest BCUT2D eigenvalue weighted by molar-refractivity contribution is 5.77. The molecule has 0 saturated carbocycles. The number of rotatable bonds is 7. The second kappa shape index (κ2) is 7.99. The molecule has 1 amide bonds. The van der Waals surface area contributed by atoms with Gasteiger partial charge in [0.2, 0.25) is 5.91 Å². The third-order valence-electron chi connectivity index (χ3n) is 4.49. The van der Waals surface area contributed by atoms with E-state index >= 15 is 0 Å². The van der Waals surface area contributed by atoms with E-state index in [1.54, 1.807) is 16.7 Å². The number of halogens is 1. The SMILES string of the molecule is CC(CC(=O)NCCCn1c(=O)[nH]c2ccccc21)c1ccc(F)cc1. The number of aromatic amines is 1. The summed E-state index contributed by atoms with van der Waals surface area (Å²) in [5, 5.41) is 2.89. The number of para-hydroxylation sites is 2. The molecule has 1 heterocycles. The number of nitrogens with one attached hydrogen (secondary N) is 2. The summed E-state index contributed by atoms with van der Waals surface area (Å²) in [6, 6.07) is 13.8. The quantitative estimate of drug-likeness (QED) is 0.639. The first-order chi connectivity index (χ1) is 12.5. The van der Waals surface area contributed by atoms with Crippen LogP contribution in [0.15, 0.2) is 53.3 Å².